The molecular formula is C15H28N2O. The third kappa shape index (κ3) is 4.35. The van der Waals surface area contributed by atoms with E-state index in [0.717, 1.165) is 18.4 Å². The number of rotatable bonds is 3. The number of amides is 2. The van der Waals surface area contributed by atoms with Crippen molar-refractivity contribution in [3.05, 3.63) is 12.2 Å². The number of hydrogen-bond donors (Lipinski definition) is 2. The zero-order valence-electron chi connectivity index (χ0n) is 12.7. The van der Waals surface area contributed by atoms with Gasteiger partial charge in [0.15, 0.2) is 0 Å². The molecule has 1 unspecified atom stereocenters. The number of hydrogen-bond acceptors (Lipinski definition) is 1. The lowest BCUT2D eigenvalue weighted by Crippen LogP contribution is -2.51. The molecule has 0 bridgehead atoms. The molecule has 0 aromatic carbocycles. The van der Waals surface area contributed by atoms with Gasteiger partial charge in [0, 0.05) is 6.04 Å². The Morgan fingerprint density at radius 1 is 1.17 bits per heavy atom. The second kappa shape index (κ2) is 4.94. The summed E-state index contributed by atoms with van der Waals surface area (Å²) in [6.07, 6.45) is 2.21. The zero-order chi connectivity index (χ0) is 14.1. The van der Waals surface area contributed by atoms with E-state index in [4.69, 9.17) is 0 Å². The smallest absolute Gasteiger partial charge is 0.315 e. The molecule has 0 heterocycles. The Labute approximate surface area is 111 Å². The molecule has 1 aliphatic rings. The summed E-state index contributed by atoms with van der Waals surface area (Å²) in [5.74, 6) is 0. The molecule has 0 aromatic heterocycles. The first-order valence-electron chi connectivity index (χ1n) is 6.78. The lowest BCUT2D eigenvalue weighted by Gasteiger charge is -2.38. The van der Waals surface area contributed by atoms with Crippen molar-refractivity contribution in [3.63, 3.8) is 0 Å². The second-order valence-electron chi connectivity index (χ2n) is 7.47. The SMILES string of the molecule is C=C(C(NC(=O)NC1CC1)C(C)(C)C)C(C)(C)C. The maximum Gasteiger partial charge on any atom is 0.315 e. The molecule has 0 spiro atoms. The van der Waals surface area contributed by atoms with Crippen LogP contribution in [0.5, 0.6) is 0 Å². The summed E-state index contributed by atoms with van der Waals surface area (Å²) in [6.45, 7) is 17.0. The summed E-state index contributed by atoms with van der Waals surface area (Å²) in [7, 11) is 0. The van der Waals surface area contributed by atoms with Gasteiger partial charge in [-0.25, -0.2) is 4.79 Å². The van der Waals surface area contributed by atoms with Crippen molar-refractivity contribution >= 4 is 6.03 Å². The van der Waals surface area contributed by atoms with Gasteiger partial charge < -0.3 is 10.6 Å². The standard InChI is InChI=1S/C15H28N2O/c1-10(14(2,3)4)12(15(5,6)7)17-13(18)16-11-8-9-11/h11-12H,1,8-9H2,2-7H3,(H2,16,17,18). The van der Waals surface area contributed by atoms with Crippen molar-refractivity contribution in [2.45, 2.75) is 66.5 Å². The molecule has 3 heteroatoms. The number of carbonyl (C=O) groups excluding carboxylic acids is 1. The van der Waals surface area contributed by atoms with E-state index in [2.05, 4.69) is 58.8 Å². The first kappa shape index (κ1) is 15.1. The maximum absolute atomic E-state index is 11.9. The Hall–Kier alpha value is -0.990. The van der Waals surface area contributed by atoms with Crippen LogP contribution in [0.4, 0.5) is 4.79 Å². The van der Waals surface area contributed by atoms with E-state index in [-0.39, 0.29) is 22.9 Å². The highest BCUT2D eigenvalue weighted by Gasteiger charge is 2.34. The minimum Gasteiger partial charge on any atom is -0.335 e. The number of carbonyl (C=O) groups is 1. The Morgan fingerprint density at radius 3 is 2.00 bits per heavy atom. The van der Waals surface area contributed by atoms with Gasteiger partial charge in [0.05, 0.1) is 6.04 Å². The summed E-state index contributed by atoms with van der Waals surface area (Å²) in [6, 6.07) is 0.299. The normalized spacial score (nSPS) is 18.1. The topological polar surface area (TPSA) is 41.1 Å². The Balaban J connectivity index is 2.72. The molecule has 1 aliphatic carbocycles. The average molecular weight is 252 g/mol. The van der Waals surface area contributed by atoms with Crippen LogP contribution in [0.15, 0.2) is 12.2 Å². The van der Waals surface area contributed by atoms with Crippen LogP contribution in [-0.2, 0) is 0 Å². The molecule has 0 saturated heterocycles. The van der Waals surface area contributed by atoms with E-state index in [0.29, 0.717) is 6.04 Å². The minimum atomic E-state index is -0.0668. The Kier molecular flexibility index (Phi) is 4.14. The minimum absolute atomic E-state index is 0.00912. The van der Waals surface area contributed by atoms with Crippen molar-refractivity contribution in [3.8, 4) is 0 Å². The monoisotopic (exact) mass is 252 g/mol. The maximum atomic E-state index is 11.9. The summed E-state index contributed by atoms with van der Waals surface area (Å²) >= 11 is 0. The zero-order valence-corrected chi connectivity index (χ0v) is 12.7. The molecule has 2 N–H and O–H groups in total. The van der Waals surface area contributed by atoms with Crippen molar-refractivity contribution in [2.24, 2.45) is 10.8 Å². The molecular weight excluding hydrogens is 224 g/mol. The molecule has 104 valence electrons. The van der Waals surface area contributed by atoms with Crippen molar-refractivity contribution < 1.29 is 4.79 Å². The Morgan fingerprint density at radius 2 is 1.67 bits per heavy atom. The molecule has 1 rings (SSSR count). The summed E-state index contributed by atoms with van der Waals surface area (Å²) in [4.78, 5) is 11.9. The van der Waals surface area contributed by atoms with Gasteiger partial charge in [-0.1, -0.05) is 48.1 Å². The summed E-state index contributed by atoms with van der Waals surface area (Å²) < 4.78 is 0. The van der Waals surface area contributed by atoms with Gasteiger partial charge in [0.1, 0.15) is 0 Å². The van der Waals surface area contributed by atoms with Gasteiger partial charge >= 0.3 is 6.03 Å². The predicted octanol–water partition coefficient (Wildman–Crippen LogP) is 3.47. The van der Waals surface area contributed by atoms with Gasteiger partial charge in [-0.05, 0) is 29.2 Å². The first-order chi connectivity index (χ1) is 8.01. The molecule has 1 saturated carbocycles. The Bertz CT molecular complexity index is 329. The van der Waals surface area contributed by atoms with Crippen LogP contribution in [0.1, 0.15) is 54.4 Å². The van der Waals surface area contributed by atoms with Gasteiger partial charge in [0.2, 0.25) is 0 Å². The van der Waals surface area contributed by atoms with Crippen LogP contribution < -0.4 is 10.6 Å². The largest absolute Gasteiger partial charge is 0.335 e. The van der Waals surface area contributed by atoms with Gasteiger partial charge in [-0.3, -0.25) is 0 Å². The van der Waals surface area contributed by atoms with Crippen LogP contribution in [0.3, 0.4) is 0 Å². The highest BCUT2D eigenvalue weighted by Crippen LogP contribution is 2.34. The van der Waals surface area contributed by atoms with Crippen LogP contribution in [0, 0.1) is 10.8 Å². The third-order valence-corrected chi connectivity index (χ3v) is 3.37. The fraction of sp³-hybridized carbons (Fsp3) is 0.800. The molecule has 1 atom stereocenters. The van der Waals surface area contributed by atoms with Gasteiger partial charge in [0.25, 0.3) is 0 Å². The molecule has 18 heavy (non-hydrogen) atoms. The van der Waals surface area contributed by atoms with E-state index >= 15 is 0 Å². The van der Waals surface area contributed by atoms with Crippen LogP contribution >= 0.6 is 0 Å². The number of urea groups is 1. The van der Waals surface area contributed by atoms with E-state index < -0.39 is 0 Å². The van der Waals surface area contributed by atoms with E-state index in [1.807, 2.05) is 0 Å². The molecule has 0 radical (unpaired) electrons. The highest BCUT2D eigenvalue weighted by atomic mass is 16.2. The molecule has 0 aliphatic heterocycles. The summed E-state index contributed by atoms with van der Waals surface area (Å²) in [5, 5.41) is 6.06. The number of nitrogens with one attached hydrogen (secondary N) is 2. The lowest BCUT2D eigenvalue weighted by molar-refractivity contribution is 0.219. The van der Waals surface area contributed by atoms with Gasteiger partial charge in [-0.15, -0.1) is 0 Å². The fourth-order valence-corrected chi connectivity index (χ4v) is 1.85. The van der Waals surface area contributed by atoms with E-state index in [1.165, 1.54) is 0 Å². The first-order valence-corrected chi connectivity index (χ1v) is 6.78. The van der Waals surface area contributed by atoms with Crippen LogP contribution in [0.2, 0.25) is 0 Å². The molecule has 2 amide bonds. The fourth-order valence-electron chi connectivity index (χ4n) is 1.85. The molecule has 3 nitrogen and oxygen atoms in total. The van der Waals surface area contributed by atoms with Gasteiger partial charge in [-0.2, -0.15) is 0 Å². The quantitative estimate of drug-likeness (QED) is 0.742. The second-order valence-corrected chi connectivity index (χ2v) is 7.47. The average Bonchev–Trinajstić information content (AvgIpc) is 2.93. The van der Waals surface area contributed by atoms with Crippen LogP contribution in [-0.4, -0.2) is 18.1 Å². The lowest BCUT2D eigenvalue weighted by atomic mass is 9.73. The van der Waals surface area contributed by atoms with Crippen LogP contribution in [0.25, 0.3) is 0 Å². The predicted molar refractivity (Wildman–Crippen MR) is 76.5 cm³/mol. The summed E-state index contributed by atoms with van der Waals surface area (Å²) in [5.41, 5.74) is 1.02. The van der Waals surface area contributed by atoms with Crippen molar-refractivity contribution in [1.29, 1.82) is 0 Å². The van der Waals surface area contributed by atoms with Crippen molar-refractivity contribution in [1.82, 2.24) is 10.6 Å². The molecule has 1 fully saturated rings. The third-order valence-electron chi connectivity index (χ3n) is 3.37. The van der Waals surface area contributed by atoms with Crippen molar-refractivity contribution in [2.75, 3.05) is 0 Å². The molecule has 0 aromatic rings. The highest BCUT2D eigenvalue weighted by molar-refractivity contribution is 5.75. The van der Waals surface area contributed by atoms with E-state index in [9.17, 15) is 4.79 Å². The van der Waals surface area contributed by atoms with E-state index in [1.54, 1.807) is 0 Å².